The number of carbonyl (C=O) groups excluding carboxylic acids is 2. The van der Waals surface area contributed by atoms with E-state index < -0.39 is 29.4 Å². The monoisotopic (exact) mass is 276 g/mol. The number of nitrogens with one attached hydrogen (secondary N) is 1. The van der Waals surface area contributed by atoms with Gasteiger partial charge in [0.25, 0.3) is 5.91 Å². The third-order valence-corrected chi connectivity index (χ3v) is 4.01. The molecule has 2 fully saturated rings. The smallest absolute Gasteiger partial charge is 0.352 e. The molecule has 0 radical (unpaired) electrons. The molecule has 1 aliphatic heterocycles. The number of rotatable bonds is 3. The molecule has 7 heteroatoms. The van der Waals surface area contributed by atoms with Crippen molar-refractivity contribution in [3.63, 3.8) is 0 Å². The first-order valence-electron chi connectivity index (χ1n) is 6.52. The topological polar surface area (TPSA) is 69.6 Å². The van der Waals surface area contributed by atoms with Crippen LogP contribution in [0, 0.1) is 0 Å². The van der Waals surface area contributed by atoms with Crippen molar-refractivity contribution < 1.29 is 23.5 Å². The second kappa shape index (κ2) is 4.70. The van der Waals surface area contributed by atoms with Crippen molar-refractivity contribution >= 4 is 11.8 Å². The van der Waals surface area contributed by atoms with Crippen molar-refractivity contribution in [2.75, 3.05) is 13.1 Å². The van der Waals surface area contributed by atoms with Gasteiger partial charge < -0.3 is 15.3 Å². The average Bonchev–Trinajstić information content (AvgIpc) is 2.34. The molecular formula is C12H18F2N2O3. The van der Waals surface area contributed by atoms with Crippen LogP contribution in [0.1, 0.15) is 32.6 Å². The van der Waals surface area contributed by atoms with Crippen molar-refractivity contribution in [3.05, 3.63) is 0 Å². The van der Waals surface area contributed by atoms with Crippen LogP contribution in [-0.2, 0) is 9.59 Å². The maximum Gasteiger partial charge on any atom is 0.352 e. The van der Waals surface area contributed by atoms with E-state index in [1.54, 1.807) is 6.92 Å². The van der Waals surface area contributed by atoms with Gasteiger partial charge in [-0.05, 0) is 25.7 Å². The number of carbonyl (C=O) groups is 2. The molecule has 5 nitrogen and oxygen atoms in total. The number of alkyl halides is 2. The highest BCUT2D eigenvalue weighted by Crippen LogP contribution is 2.45. The molecule has 1 unspecified atom stereocenters. The lowest BCUT2D eigenvalue weighted by molar-refractivity contribution is -0.225. The lowest BCUT2D eigenvalue weighted by atomic mass is 9.74. The molecule has 1 heterocycles. The minimum absolute atomic E-state index is 0.0503. The lowest BCUT2D eigenvalue weighted by Crippen LogP contribution is -2.66. The van der Waals surface area contributed by atoms with Crippen molar-refractivity contribution in [3.8, 4) is 0 Å². The fourth-order valence-corrected chi connectivity index (χ4v) is 2.57. The van der Waals surface area contributed by atoms with Crippen molar-refractivity contribution in [2.45, 2.75) is 50.2 Å². The van der Waals surface area contributed by atoms with Crippen molar-refractivity contribution in [1.82, 2.24) is 10.2 Å². The summed E-state index contributed by atoms with van der Waals surface area (Å²) in [6.45, 7) is 1.87. The van der Waals surface area contributed by atoms with E-state index in [0.29, 0.717) is 6.42 Å². The zero-order valence-electron chi connectivity index (χ0n) is 10.8. The van der Waals surface area contributed by atoms with E-state index in [1.807, 2.05) is 0 Å². The molecule has 0 aromatic rings. The fourth-order valence-electron chi connectivity index (χ4n) is 2.57. The summed E-state index contributed by atoms with van der Waals surface area (Å²) < 4.78 is 28.2. The molecule has 2 amide bonds. The molecule has 2 rings (SSSR count). The highest BCUT2D eigenvalue weighted by molar-refractivity contribution is 5.92. The van der Waals surface area contributed by atoms with Gasteiger partial charge in [0, 0.05) is 13.1 Å². The number of hydrogen-bond acceptors (Lipinski definition) is 3. The molecule has 1 atom stereocenters. The normalized spacial score (nSPS) is 26.6. The first-order valence-corrected chi connectivity index (χ1v) is 6.52. The Morgan fingerprint density at radius 1 is 1.58 bits per heavy atom. The summed E-state index contributed by atoms with van der Waals surface area (Å²) in [6.07, 6.45) is 0.592. The highest BCUT2D eigenvalue weighted by Gasteiger charge is 2.63. The summed E-state index contributed by atoms with van der Waals surface area (Å²) >= 11 is 0. The largest absolute Gasteiger partial charge is 0.383 e. The Morgan fingerprint density at radius 3 is 2.68 bits per heavy atom. The van der Waals surface area contributed by atoms with Crippen LogP contribution in [0.4, 0.5) is 8.78 Å². The summed E-state index contributed by atoms with van der Waals surface area (Å²) in [5, 5.41) is 12.3. The molecule has 0 aromatic carbocycles. The molecule has 2 N–H and O–H groups in total. The first kappa shape index (κ1) is 14.2. The second-order valence-corrected chi connectivity index (χ2v) is 5.17. The van der Waals surface area contributed by atoms with E-state index in [2.05, 4.69) is 5.32 Å². The van der Waals surface area contributed by atoms with Gasteiger partial charge in [0.1, 0.15) is 11.6 Å². The molecule has 0 spiro atoms. The van der Waals surface area contributed by atoms with E-state index >= 15 is 0 Å². The van der Waals surface area contributed by atoms with Gasteiger partial charge >= 0.3 is 5.92 Å². The number of piperazine rings is 1. The molecule has 19 heavy (non-hydrogen) atoms. The van der Waals surface area contributed by atoms with E-state index in [-0.39, 0.29) is 32.4 Å². The van der Waals surface area contributed by atoms with Crippen LogP contribution in [0.3, 0.4) is 0 Å². The highest BCUT2D eigenvalue weighted by atomic mass is 19.3. The third kappa shape index (κ3) is 2.09. The summed E-state index contributed by atoms with van der Waals surface area (Å²) in [7, 11) is 0. The van der Waals surface area contributed by atoms with Gasteiger partial charge in [-0.15, -0.1) is 0 Å². The zero-order valence-corrected chi connectivity index (χ0v) is 10.8. The van der Waals surface area contributed by atoms with Crippen molar-refractivity contribution in [2.24, 2.45) is 0 Å². The van der Waals surface area contributed by atoms with Crippen LogP contribution in [0.15, 0.2) is 0 Å². The summed E-state index contributed by atoms with van der Waals surface area (Å²) in [5.74, 6) is -5.68. The average molecular weight is 276 g/mol. The van der Waals surface area contributed by atoms with Crippen LogP contribution in [0.2, 0.25) is 0 Å². The minimum Gasteiger partial charge on any atom is -0.383 e. The Labute approximate surface area is 109 Å². The standard InChI is InChI=1S/C12H18F2N2O3/c1-2-8-9(17)15-6-7-16(8)10(18)12(13,14)11(19)4-3-5-11/h8,19H,2-7H2,1H3,(H,15,17). The number of halogens is 2. The van der Waals surface area contributed by atoms with Crippen LogP contribution < -0.4 is 5.32 Å². The van der Waals surface area contributed by atoms with Crippen molar-refractivity contribution in [1.29, 1.82) is 0 Å². The number of amides is 2. The predicted molar refractivity (Wildman–Crippen MR) is 62.5 cm³/mol. The van der Waals surface area contributed by atoms with Gasteiger partial charge in [0.2, 0.25) is 5.91 Å². The number of aliphatic hydroxyl groups is 1. The van der Waals surface area contributed by atoms with Gasteiger partial charge in [-0.1, -0.05) is 6.92 Å². The zero-order chi connectivity index (χ0) is 14.3. The van der Waals surface area contributed by atoms with Crippen LogP contribution in [-0.4, -0.2) is 52.5 Å². The summed E-state index contributed by atoms with van der Waals surface area (Å²) in [6, 6.07) is -0.879. The second-order valence-electron chi connectivity index (χ2n) is 5.17. The Kier molecular flexibility index (Phi) is 3.51. The molecule has 1 saturated heterocycles. The molecule has 0 aromatic heterocycles. The Hall–Kier alpha value is -1.24. The lowest BCUT2D eigenvalue weighted by Gasteiger charge is -2.45. The molecule has 1 aliphatic carbocycles. The van der Waals surface area contributed by atoms with Crippen LogP contribution in [0.5, 0.6) is 0 Å². The summed E-state index contributed by atoms with van der Waals surface area (Å²) in [5.41, 5.74) is -2.24. The third-order valence-electron chi connectivity index (χ3n) is 4.01. The van der Waals surface area contributed by atoms with Gasteiger partial charge in [0.05, 0.1) is 0 Å². The number of nitrogens with zero attached hydrogens (tertiary/aromatic N) is 1. The number of hydrogen-bond donors (Lipinski definition) is 2. The Morgan fingerprint density at radius 2 is 2.21 bits per heavy atom. The maximum atomic E-state index is 14.1. The molecule has 1 saturated carbocycles. The van der Waals surface area contributed by atoms with Gasteiger partial charge in [-0.3, -0.25) is 9.59 Å². The minimum atomic E-state index is -3.82. The Bertz CT molecular complexity index is 396. The van der Waals surface area contributed by atoms with E-state index in [0.717, 1.165) is 4.90 Å². The van der Waals surface area contributed by atoms with Crippen LogP contribution in [0.25, 0.3) is 0 Å². The van der Waals surface area contributed by atoms with Gasteiger partial charge in [-0.25, -0.2) is 0 Å². The quantitative estimate of drug-likeness (QED) is 0.777. The molecule has 2 aliphatic rings. The fraction of sp³-hybridized carbons (Fsp3) is 0.833. The maximum absolute atomic E-state index is 14.1. The Balaban J connectivity index is 2.20. The molecular weight excluding hydrogens is 258 g/mol. The van der Waals surface area contributed by atoms with E-state index in [9.17, 15) is 23.5 Å². The van der Waals surface area contributed by atoms with E-state index in [4.69, 9.17) is 0 Å². The van der Waals surface area contributed by atoms with Gasteiger partial charge in [0.15, 0.2) is 0 Å². The first-order chi connectivity index (χ1) is 8.83. The molecule has 0 bridgehead atoms. The van der Waals surface area contributed by atoms with Crippen LogP contribution >= 0.6 is 0 Å². The molecule has 108 valence electrons. The summed E-state index contributed by atoms with van der Waals surface area (Å²) in [4.78, 5) is 24.5. The van der Waals surface area contributed by atoms with Gasteiger partial charge in [-0.2, -0.15) is 8.78 Å². The predicted octanol–water partition coefficient (Wildman–Crippen LogP) is 0.274. The van der Waals surface area contributed by atoms with E-state index in [1.165, 1.54) is 0 Å². The SMILES string of the molecule is CCC1C(=O)NCCN1C(=O)C(F)(F)C1(O)CCC1.